The number of amides is 1. The molecule has 2 fully saturated rings. The monoisotopic (exact) mass is 304 g/mol. The van der Waals surface area contributed by atoms with Crippen LogP contribution >= 0.6 is 11.8 Å². The number of nitrogens with zero attached hydrogens (tertiary/aromatic N) is 1. The second-order valence-corrected chi connectivity index (χ2v) is 7.77. The van der Waals surface area contributed by atoms with Gasteiger partial charge in [0.1, 0.15) is 11.7 Å². The molecule has 1 amide bonds. The van der Waals surface area contributed by atoms with Gasteiger partial charge in [-0.2, -0.15) is 11.8 Å². The topological polar surface area (TPSA) is 32.3 Å². The van der Waals surface area contributed by atoms with Crippen LogP contribution in [0, 0.1) is 13.8 Å². The highest BCUT2D eigenvalue weighted by atomic mass is 32.2. The van der Waals surface area contributed by atoms with E-state index in [4.69, 9.17) is 0 Å². The summed E-state index contributed by atoms with van der Waals surface area (Å²) in [4.78, 5) is 14.8. The Hall–Kier alpha value is -1.00. The third-order valence-corrected chi connectivity index (χ3v) is 5.67. The summed E-state index contributed by atoms with van der Waals surface area (Å²) in [6.45, 7) is 7.25. The zero-order chi connectivity index (χ0) is 15.2. The highest BCUT2D eigenvalue weighted by Gasteiger charge is 2.59. The van der Waals surface area contributed by atoms with E-state index in [0.717, 1.165) is 19.4 Å². The van der Waals surface area contributed by atoms with Crippen molar-refractivity contribution in [3.63, 3.8) is 0 Å². The maximum absolute atomic E-state index is 12.8. The lowest BCUT2D eigenvalue weighted by atomic mass is 10.0. The Morgan fingerprint density at radius 3 is 2.71 bits per heavy atom. The Kier molecular flexibility index (Phi) is 3.78. The van der Waals surface area contributed by atoms with Crippen LogP contribution in [0.3, 0.4) is 0 Å². The zero-order valence-electron chi connectivity index (χ0n) is 13.3. The Labute approximate surface area is 131 Å². The van der Waals surface area contributed by atoms with E-state index in [9.17, 15) is 4.79 Å². The van der Waals surface area contributed by atoms with Crippen molar-refractivity contribution in [1.82, 2.24) is 10.2 Å². The van der Waals surface area contributed by atoms with Gasteiger partial charge >= 0.3 is 0 Å². The van der Waals surface area contributed by atoms with Crippen LogP contribution in [-0.2, 0) is 4.79 Å². The van der Waals surface area contributed by atoms with Crippen LogP contribution in [0.2, 0.25) is 0 Å². The number of thioether (sulfide) groups is 1. The summed E-state index contributed by atoms with van der Waals surface area (Å²) in [7, 11) is 0. The largest absolute Gasteiger partial charge is 0.320 e. The number of hydrogen-bond acceptors (Lipinski definition) is 3. The molecule has 2 aliphatic rings. The van der Waals surface area contributed by atoms with Gasteiger partial charge in [-0.1, -0.05) is 30.7 Å². The van der Waals surface area contributed by atoms with Crippen molar-refractivity contribution in [2.24, 2.45) is 0 Å². The first-order valence-corrected chi connectivity index (χ1v) is 8.94. The normalized spacial score (nSPS) is 24.7. The molecule has 1 aromatic carbocycles. The first-order valence-electron chi connectivity index (χ1n) is 7.65. The van der Waals surface area contributed by atoms with Gasteiger partial charge in [0, 0.05) is 11.8 Å². The third kappa shape index (κ3) is 2.59. The molecule has 1 aliphatic heterocycles. The maximum atomic E-state index is 12.8. The SMILES string of the molecule is CSC(C)CN1C(=O)C2(CC2)NC1c1ccc(C)cc1C. The molecule has 1 spiro atoms. The van der Waals surface area contributed by atoms with Gasteiger partial charge in [-0.25, -0.2) is 0 Å². The van der Waals surface area contributed by atoms with Crippen LogP contribution in [0.5, 0.6) is 0 Å². The first kappa shape index (κ1) is 14.9. The molecule has 114 valence electrons. The van der Waals surface area contributed by atoms with Crippen LogP contribution in [0.25, 0.3) is 0 Å². The molecule has 0 aromatic heterocycles. The molecule has 0 bridgehead atoms. The maximum Gasteiger partial charge on any atom is 0.244 e. The average molecular weight is 304 g/mol. The van der Waals surface area contributed by atoms with Gasteiger partial charge in [-0.05, 0) is 44.1 Å². The lowest BCUT2D eigenvalue weighted by molar-refractivity contribution is -0.130. The molecule has 3 nitrogen and oxygen atoms in total. The summed E-state index contributed by atoms with van der Waals surface area (Å²) in [6.07, 6.45) is 4.11. The summed E-state index contributed by atoms with van der Waals surface area (Å²) >= 11 is 1.82. The summed E-state index contributed by atoms with van der Waals surface area (Å²) < 4.78 is 0. The van der Waals surface area contributed by atoms with E-state index in [1.165, 1.54) is 16.7 Å². The van der Waals surface area contributed by atoms with Crippen molar-refractivity contribution >= 4 is 17.7 Å². The van der Waals surface area contributed by atoms with Crippen LogP contribution < -0.4 is 5.32 Å². The van der Waals surface area contributed by atoms with Crippen molar-refractivity contribution in [3.8, 4) is 0 Å². The smallest absolute Gasteiger partial charge is 0.244 e. The minimum Gasteiger partial charge on any atom is -0.320 e. The second kappa shape index (κ2) is 5.33. The number of carbonyl (C=O) groups is 1. The van der Waals surface area contributed by atoms with Crippen molar-refractivity contribution in [2.75, 3.05) is 12.8 Å². The number of aryl methyl sites for hydroxylation is 2. The van der Waals surface area contributed by atoms with E-state index in [-0.39, 0.29) is 11.7 Å². The fraction of sp³-hybridized carbons (Fsp3) is 0.588. The van der Waals surface area contributed by atoms with E-state index in [1.54, 1.807) is 0 Å². The lowest BCUT2D eigenvalue weighted by Gasteiger charge is -2.28. The number of benzene rings is 1. The van der Waals surface area contributed by atoms with E-state index in [0.29, 0.717) is 11.2 Å². The van der Waals surface area contributed by atoms with Gasteiger partial charge in [-0.15, -0.1) is 0 Å². The molecular formula is C17H24N2OS. The van der Waals surface area contributed by atoms with Crippen LogP contribution in [-0.4, -0.2) is 34.4 Å². The minimum atomic E-state index is -0.250. The van der Waals surface area contributed by atoms with Gasteiger partial charge in [0.05, 0.1) is 0 Å². The minimum absolute atomic E-state index is 0.0372. The standard InChI is InChI=1S/C17H24N2OS/c1-11-5-6-14(12(2)9-11)15-18-17(7-8-17)16(20)19(15)10-13(3)21-4/h5-6,9,13,15,18H,7-8,10H2,1-4H3. The molecule has 1 aromatic rings. The van der Waals surface area contributed by atoms with Crippen molar-refractivity contribution in [1.29, 1.82) is 0 Å². The van der Waals surface area contributed by atoms with Gasteiger partial charge < -0.3 is 4.90 Å². The Balaban J connectivity index is 1.92. The molecule has 2 atom stereocenters. The molecular weight excluding hydrogens is 280 g/mol. The van der Waals surface area contributed by atoms with E-state index in [1.807, 2.05) is 11.8 Å². The molecule has 1 heterocycles. The molecule has 1 saturated heterocycles. The molecule has 3 rings (SSSR count). The molecule has 1 aliphatic carbocycles. The number of rotatable bonds is 4. The van der Waals surface area contributed by atoms with E-state index >= 15 is 0 Å². The Morgan fingerprint density at radius 2 is 2.14 bits per heavy atom. The molecule has 1 N–H and O–H groups in total. The average Bonchev–Trinajstić information content (AvgIpc) is 3.18. The van der Waals surface area contributed by atoms with Crippen LogP contribution in [0.15, 0.2) is 18.2 Å². The van der Waals surface area contributed by atoms with Crippen LogP contribution in [0.1, 0.15) is 42.6 Å². The quantitative estimate of drug-likeness (QED) is 0.928. The summed E-state index contributed by atoms with van der Waals surface area (Å²) in [5.74, 6) is 0.299. The summed E-state index contributed by atoms with van der Waals surface area (Å²) in [5.41, 5.74) is 3.52. The second-order valence-electron chi connectivity index (χ2n) is 6.49. The van der Waals surface area contributed by atoms with Crippen molar-refractivity contribution in [2.45, 2.75) is 50.6 Å². The number of nitrogens with one attached hydrogen (secondary N) is 1. The Morgan fingerprint density at radius 1 is 1.43 bits per heavy atom. The molecule has 0 radical (unpaired) electrons. The predicted molar refractivity (Wildman–Crippen MR) is 88.4 cm³/mol. The highest BCUT2D eigenvalue weighted by Crippen LogP contribution is 2.46. The van der Waals surface area contributed by atoms with Gasteiger partial charge in [0.15, 0.2) is 0 Å². The van der Waals surface area contributed by atoms with E-state index < -0.39 is 0 Å². The van der Waals surface area contributed by atoms with Gasteiger partial charge in [0.2, 0.25) is 5.91 Å². The Bertz CT molecular complexity index is 568. The molecule has 4 heteroatoms. The molecule has 21 heavy (non-hydrogen) atoms. The third-order valence-electron chi connectivity index (χ3n) is 4.72. The molecule has 2 unspecified atom stereocenters. The lowest BCUT2D eigenvalue weighted by Crippen LogP contribution is -2.36. The summed E-state index contributed by atoms with van der Waals surface area (Å²) in [6, 6.07) is 6.52. The molecule has 1 saturated carbocycles. The fourth-order valence-corrected chi connectivity index (χ4v) is 3.50. The zero-order valence-corrected chi connectivity index (χ0v) is 14.1. The van der Waals surface area contributed by atoms with Gasteiger partial charge in [-0.3, -0.25) is 10.1 Å². The summed E-state index contributed by atoms with van der Waals surface area (Å²) in [5, 5.41) is 4.07. The fourth-order valence-electron chi connectivity index (χ4n) is 3.19. The van der Waals surface area contributed by atoms with E-state index in [2.05, 4.69) is 55.4 Å². The predicted octanol–water partition coefficient (Wildman–Crippen LogP) is 3.02. The number of hydrogen-bond donors (Lipinski definition) is 1. The van der Waals surface area contributed by atoms with Crippen molar-refractivity contribution < 1.29 is 4.79 Å². The number of carbonyl (C=O) groups excluding carboxylic acids is 1. The van der Waals surface area contributed by atoms with Crippen molar-refractivity contribution in [3.05, 3.63) is 34.9 Å². The van der Waals surface area contributed by atoms with Crippen LogP contribution in [0.4, 0.5) is 0 Å². The van der Waals surface area contributed by atoms with Gasteiger partial charge in [0.25, 0.3) is 0 Å². The highest BCUT2D eigenvalue weighted by molar-refractivity contribution is 7.99. The first-order chi connectivity index (χ1) is 9.97.